The number of halogens is 2. The zero-order chi connectivity index (χ0) is 16.4. The highest BCUT2D eigenvalue weighted by atomic mass is 79.9. The summed E-state index contributed by atoms with van der Waals surface area (Å²) in [5, 5.41) is 3.77. The molecule has 0 fully saturated rings. The maximum Gasteiger partial charge on any atom is 0.244 e. The van der Waals surface area contributed by atoms with Crippen molar-refractivity contribution in [2.75, 3.05) is 12.4 Å². The van der Waals surface area contributed by atoms with E-state index >= 15 is 0 Å². The number of carbonyl (C=O) groups excluding carboxylic acids is 1. The van der Waals surface area contributed by atoms with Crippen LogP contribution in [0.15, 0.2) is 53.1 Å². The molecule has 0 spiro atoms. The molecule has 0 unspecified atom stereocenters. The summed E-state index contributed by atoms with van der Waals surface area (Å²) in [6, 6.07) is 11.8. The summed E-state index contributed by atoms with van der Waals surface area (Å²) < 4.78 is 20.6. The van der Waals surface area contributed by atoms with Gasteiger partial charge in [-0.05, 0) is 58.4 Å². The summed E-state index contributed by atoms with van der Waals surface area (Å²) >= 11 is 3.23. The molecular weight excluding hydrogens is 363 g/mol. The first kappa shape index (κ1) is 15.6. The summed E-state index contributed by atoms with van der Waals surface area (Å²) in [6.45, 7) is 0.166. The van der Waals surface area contributed by atoms with E-state index in [1.807, 2.05) is 35.0 Å². The van der Waals surface area contributed by atoms with Crippen LogP contribution >= 0.6 is 15.9 Å². The highest BCUT2D eigenvalue weighted by molar-refractivity contribution is 9.10. The second-order valence-electron chi connectivity index (χ2n) is 5.04. The van der Waals surface area contributed by atoms with Crippen LogP contribution in [0, 0.1) is 5.82 Å². The lowest BCUT2D eigenvalue weighted by atomic mass is 10.2. The van der Waals surface area contributed by atoms with Crippen molar-refractivity contribution in [1.82, 2.24) is 4.57 Å². The molecule has 0 aliphatic heterocycles. The molecule has 118 valence electrons. The van der Waals surface area contributed by atoms with Gasteiger partial charge in [-0.2, -0.15) is 0 Å². The summed E-state index contributed by atoms with van der Waals surface area (Å²) in [5.74, 6) is 0.223. The summed E-state index contributed by atoms with van der Waals surface area (Å²) in [5.41, 5.74) is 1.48. The molecule has 2 aromatic carbocycles. The molecule has 3 aromatic rings. The number of hydrogen-bond acceptors (Lipinski definition) is 2. The van der Waals surface area contributed by atoms with E-state index in [2.05, 4.69) is 21.2 Å². The van der Waals surface area contributed by atoms with Crippen LogP contribution in [0.25, 0.3) is 10.9 Å². The van der Waals surface area contributed by atoms with Crippen molar-refractivity contribution >= 4 is 38.4 Å². The normalized spacial score (nSPS) is 10.7. The van der Waals surface area contributed by atoms with E-state index in [1.54, 1.807) is 7.11 Å². The SMILES string of the molecule is COc1ccc2c(ccn2CC(=O)Nc2ccc(F)cc2Br)c1. The molecule has 0 saturated heterocycles. The largest absolute Gasteiger partial charge is 0.497 e. The van der Waals surface area contributed by atoms with Gasteiger partial charge in [0.25, 0.3) is 0 Å². The topological polar surface area (TPSA) is 43.3 Å². The minimum absolute atomic E-state index is 0.166. The van der Waals surface area contributed by atoms with E-state index in [0.717, 1.165) is 16.7 Å². The highest BCUT2D eigenvalue weighted by Crippen LogP contribution is 2.24. The molecule has 4 nitrogen and oxygen atoms in total. The van der Waals surface area contributed by atoms with Gasteiger partial charge in [0.2, 0.25) is 5.91 Å². The molecule has 23 heavy (non-hydrogen) atoms. The monoisotopic (exact) mass is 376 g/mol. The predicted molar refractivity (Wildman–Crippen MR) is 91.2 cm³/mol. The number of carbonyl (C=O) groups is 1. The lowest BCUT2D eigenvalue weighted by molar-refractivity contribution is -0.116. The van der Waals surface area contributed by atoms with Gasteiger partial charge in [0.05, 0.1) is 12.8 Å². The fourth-order valence-corrected chi connectivity index (χ4v) is 2.83. The van der Waals surface area contributed by atoms with Gasteiger partial charge in [-0.1, -0.05) is 0 Å². The van der Waals surface area contributed by atoms with Crippen LogP contribution in [0.2, 0.25) is 0 Å². The third-order valence-electron chi connectivity index (χ3n) is 3.50. The van der Waals surface area contributed by atoms with E-state index in [-0.39, 0.29) is 18.3 Å². The Hall–Kier alpha value is -2.34. The Balaban J connectivity index is 1.77. The molecule has 1 amide bonds. The molecule has 0 bridgehead atoms. The third-order valence-corrected chi connectivity index (χ3v) is 4.15. The summed E-state index contributed by atoms with van der Waals surface area (Å²) in [6.07, 6.45) is 1.85. The smallest absolute Gasteiger partial charge is 0.244 e. The third kappa shape index (κ3) is 3.37. The van der Waals surface area contributed by atoms with Crippen LogP contribution in [-0.2, 0) is 11.3 Å². The molecule has 0 atom stereocenters. The van der Waals surface area contributed by atoms with Crippen LogP contribution in [0.5, 0.6) is 5.75 Å². The van der Waals surface area contributed by atoms with E-state index in [4.69, 9.17) is 4.74 Å². The summed E-state index contributed by atoms with van der Waals surface area (Å²) in [7, 11) is 1.62. The van der Waals surface area contributed by atoms with Crippen LogP contribution in [0.4, 0.5) is 10.1 Å². The number of amides is 1. The van der Waals surface area contributed by atoms with Crippen LogP contribution < -0.4 is 10.1 Å². The first-order valence-electron chi connectivity index (χ1n) is 6.94. The average Bonchev–Trinajstić information content (AvgIpc) is 2.92. The molecule has 3 rings (SSSR count). The maximum absolute atomic E-state index is 13.1. The Labute approximate surface area is 141 Å². The number of anilines is 1. The quantitative estimate of drug-likeness (QED) is 0.741. The van der Waals surface area contributed by atoms with Crippen molar-refractivity contribution in [2.24, 2.45) is 0 Å². The number of benzene rings is 2. The van der Waals surface area contributed by atoms with Crippen molar-refractivity contribution in [1.29, 1.82) is 0 Å². The number of fused-ring (bicyclic) bond motifs is 1. The van der Waals surface area contributed by atoms with E-state index < -0.39 is 0 Å². The van der Waals surface area contributed by atoms with Gasteiger partial charge in [-0.15, -0.1) is 0 Å². The van der Waals surface area contributed by atoms with Gasteiger partial charge in [0, 0.05) is 21.6 Å². The summed E-state index contributed by atoms with van der Waals surface area (Å²) in [4.78, 5) is 12.2. The number of aromatic nitrogens is 1. The zero-order valence-corrected chi connectivity index (χ0v) is 13.9. The second kappa shape index (κ2) is 6.42. The Morgan fingerprint density at radius 1 is 1.26 bits per heavy atom. The lowest BCUT2D eigenvalue weighted by Gasteiger charge is -2.09. The van der Waals surface area contributed by atoms with E-state index in [9.17, 15) is 9.18 Å². The standard InChI is InChI=1S/C17H14BrFN2O2/c1-23-13-3-5-16-11(8-13)6-7-21(16)10-17(22)20-15-4-2-12(19)9-14(15)18/h2-9H,10H2,1H3,(H,20,22). The first-order valence-corrected chi connectivity index (χ1v) is 7.74. The highest BCUT2D eigenvalue weighted by Gasteiger charge is 2.09. The van der Waals surface area contributed by atoms with Crippen molar-refractivity contribution in [3.8, 4) is 5.75 Å². The van der Waals surface area contributed by atoms with Gasteiger partial charge in [0.15, 0.2) is 0 Å². The maximum atomic E-state index is 13.1. The Morgan fingerprint density at radius 2 is 2.09 bits per heavy atom. The number of hydrogen-bond donors (Lipinski definition) is 1. The first-order chi connectivity index (χ1) is 11.1. The second-order valence-corrected chi connectivity index (χ2v) is 5.90. The van der Waals surface area contributed by atoms with Gasteiger partial charge < -0.3 is 14.6 Å². The fraction of sp³-hybridized carbons (Fsp3) is 0.118. The van der Waals surface area contributed by atoms with Crippen molar-refractivity contribution < 1.29 is 13.9 Å². The zero-order valence-electron chi connectivity index (χ0n) is 12.3. The van der Waals surface area contributed by atoms with Crippen LogP contribution in [0.1, 0.15) is 0 Å². The van der Waals surface area contributed by atoms with Gasteiger partial charge >= 0.3 is 0 Å². The van der Waals surface area contributed by atoms with Crippen LogP contribution in [-0.4, -0.2) is 17.6 Å². The van der Waals surface area contributed by atoms with E-state index in [1.165, 1.54) is 18.2 Å². The molecule has 1 N–H and O–H groups in total. The number of rotatable bonds is 4. The number of nitrogens with one attached hydrogen (secondary N) is 1. The molecule has 6 heteroatoms. The average molecular weight is 377 g/mol. The fourth-order valence-electron chi connectivity index (χ4n) is 2.38. The molecular formula is C17H14BrFN2O2. The molecule has 1 heterocycles. The Kier molecular flexibility index (Phi) is 4.34. The van der Waals surface area contributed by atoms with Crippen LogP contribution in [0.3, 0.4) is 0 Å². The predicted octanol–water partition coefficient (Wildman–Crippen LogP) is 4.19. The van der Waals surface area contributed by atoms with Gasteiger partial charge in [-0.25, -0.2) is 4.39 Å². The van der Waals surface area contributed by atoms with Crippen molar-refractivity contribution in [2.45, 2.75) is 6.54 Å². The minimum Gasteiger partial charge on any atom is -0.497 e. The van der Waals surface area contributed by atoms with Gasteiger partial charge in [0.1, 0.15) is 18.1 Å². The van der Waals surface area contributed by atoms with E-state index in [0.29, 0.717) is 10.2 Å². The minimum atomic E-state index is -0.361. The number of methoxy groups -OCH3 is 1. The molecule has 0 aliphatic rings. The molecule has 0 saturated carbocycles. The van der Waals surface area contributed by atoms with Crippen molar-refractivity contribution in [3.63, 3.8) is 0 Å². The Morgan fingerprint density at radius 3 is 2.83 bits per heavy atom. The molecule has 1 aromatic heterocycles. The molecule has 0 radical (unpaired) electrons. The molecule has 0 aliphatic carbocycles. The Bertz CT molecular complexity index is 876. The van der Waals surface area contributed by atoms with Gasteiger partial charge in [-0.3, -0.25) is 4.79 Å². The number of ether oxygens (including phenoxy) is 1. The van der Waals surface area contributed by atoms with Crippen molar-refractivity contribution in [3.05, 3.63) is 59.0 Å². The lowest BCUT2D eigenvalue weighted by Crippen LogP contribution is -2.18. The number of nitrogens with zero attached hydrogens (tertiary/aromatic N) is 1.